The number of nitrogens with zero attached hydrogens (tertiary/aromatic N) is 3. The molecule has 1 aliphatic heterocycles. The van der Waals surface area contributed by atoms with Gasteiger partial charge in [0.2, 0.25) is 5.91 Å². The Kier molecular flexibility index (Phi) is 55.1. The van der Waals surface area contributed by atoms with Crippen molar-refractivity contribution in [2.24, 2.45) is 11.8 Å². The van der Waals surface area contributed by atoms with Gasteiger partial charge in [-0.25, -0.2) is 0 Å². The molecule has 1 aliphatic rings. The molecule has 6 nitrogen and oxygen atoms in total. The van der Waals surface area contributed by atoms with Crippen molar-refractivity contribution >= 4 is 11.9 Å². The van der Waals surface area contributed by atoms with Crippen molar-refractivity contribution in [3.63, 3.8) is 0 Å². The predicted octanol–water partition coefficient (Wildman–Crippen LogP) is 21.2. The average Bonchev–Trinajstić information content (AvgIpc) is 3.42. The third kappa shape index (κ3) is 48.5. The Morgan fingerprint density at radius 3 is 1.15 bits per heavy atom. The van der Waals surface area contributed by atoms with Crippen molar-refractivity contribution in [2.75, 3.05) is 59.0 Å². The summed E-state index contributed by atoms with van der Waals surface area (Å²) in [7, 11) is 0. The van der Waals surface area contributed by atoms with E-state index in [4.69, 9.17) is 4.74 Å². The summed E-state index contributed by atoms with van der Waals surface area (Å²) in [6, 6.07) is 0. The van der Waals surface area contributed by atoms with E-state index in [0.29, 0.717) is 18.9 Å². The molecule has 1 saturated heterocycles. The van der Waals surface area contributed by atoms with E-state index in [0.717, 1.165) is 63.6 Å². The lowest BCUT2D eigenvalue weighted by Crippen LogP contribution is -2.39. The number of ether oxygens (including phenoxy) is 1. The second-order valence-corrected chi connectivity index (χ2v) is 24.7. The molecule has 1 unspecified atom stereocenters. The van der Waals surface area contributed by atoms with Crippen molar-refractivity contribution in [1.29, 1.82) is 0 Å². The first-order chi connectivity index (χ1) is 37.0. The van der Waals surface area contributed by atoms with Gasteiger partial charge in [0.05, 0.1) is 6.61 Å². The zero-order chi connectivity index (χ0) is 54.2. The van der Waals surface area contributed by atoms with Gasteiger partial charge in [-0.05, 0) is 135 Å². The van der Waals surface area contributed by atoms with E-state index in [-0.39, 0.29) is 5.97 Å². The molecular weight excluding hydrogens is 919 g/mol. The number of hydrogen-bond acceptors (Lipinski definition) is 5. The topological polar surface area (TPSA) is 53.1 Å². The van der Waals surface area contributed by atoms with Gasteiger partial charge in [0.15, 0.2) is 0 Å². The zero-order valence-electron chi connectivity index (χ0n) is 52.1. The van der Waals surface area contributed by atoms with Gasteiger partial charge >= 0.3 is 5.97 Å². The molecular formula is C69H137N3O3. The maximum Gasteiger partial charge on any atom is 0.305 e. The Bertz CT molecular complexity index is 1140. The Morgan fingerprint density at radius 2 is 0.707 bits per heavy atom. The molecule has 0 aromatic heterocycles. The maximum atomic E-state index is 13.7. The molecule has 1 rings (SSSR count). The Hall–Kier alpha value is -1.14. The largest absolute Gasteiger partial charge is 0.466 e. The highest BCUT2D eigenvalue weighted by Gasteiger charge is 2.23. The van der Waals surface area contributed by atoms with Crippen LogP contribution in [0.15, 0.2) is 0 Å². The first-order valence-corrected chi connectivity index (χ1v) is 34.8. The van der Waals surface area contributed by atoms with Crippen LogP contribution in [0.25, 0.3) is 0 Å². The number of piperidine rings is 1. The fraction of sp³-hybridized carbons (Fsp3) is 0.971. The molecule has 0 aromatic carbocycles. The van der Waals surface area contributed by atoms with Crippen LogP contribution >= 0.6 is 0 Å². The number of esters is 1. The molecule has 446 valence electrons. The third-order valence-corrected chi connectivity index (χ3v) is 17.5. The zero-order valence-corrected chi connectivity index (χ0v) is 52.1. The SMILES string of the molecule is CCCCCCCCCCCCCCN(CCCCCC(=O)OCCCCCCC)CCC1CCN(C(=O)CCCC(CCCCCCCCC)CCCN(CCCCCCCCC)CCCCCCCCC)CC1. The summed E-state index contributed by atoms with van der Waals surface area (Å²) in [4.78, 5) is 34.0. The van der Waals surface area contributed by atoms with Gasteiger partial charge in [-0.2, -0.15) is 0 Å². The molecule has 6 heteroatoms. The Balaban J connectivity index is 2.63. The van der Waals surface area contributed by atoms with Gasteiger partial charge in [0, 0.05) is 25.9 Å². The Labute approximate surface area is 471 Å². The van der Waals surface area contributed by atoms with Crippen LogP contribution in [0, 0.1) is 11.8 Å². The number of unbranched alkanes of at least 4 members (excludes halogenated alkanes) is 35. The van der Waals surface area contributed by atoms with Crippen molar-refractivity contribution in [2.45, 2.75) is 362 Å². The van der Waals surface area contributed by atoms with E-state index in [9.17, 15) is 9.59 Å². The number of rotatable bonds is 60. The number of hydrogen-bond donors (Lipinski definition) is 0. The highest BCUT2D eigenvalue weighted by molar-refractivity contribution is 5.76. The molecule has 1 amide bonds. The second kappa shape index (κ2) is 57.5. The minimum Gasteiger partial charge on any atom is -0.466 e. The fourth-order valence-corrected chi connectivity index (χ4v) is 12.1. The van der Waals surface area contributed by atoms with Gasteiger partial charge in [-0.3, -0.25) is 9.59 Å². The van der Waals surface area contributed by atoms with Crippen LogP contribution in [0.1, 0.15) is 362 Å². The second-order valence-electron chi connectivity index (χ2n) is 24.7. The highest BCUT2D eigenvalue weighted by Crippen LogP contribution is 2.26. The van der Waals surface area contributed by atoms with Gasteiger partial charge in [0.25, 0.3) is 0 Å². The molecule has 1 fully saturated rings. The van der Waals surface area contributed by atoms with E-state index in [1.807, 2.05) is 0 Å². The summed E-state index contributed by atoms with van der Waals surface area (Å²) in [5.74, 6) is 1.95. The van der Waals surface area contributed by atoms with E-state index in [2.05, 4.69) is 49.3 Å². The molecule has 1 atom stereocenters. The van der Waals surface area contributed by atoms with Crippen LogP contribution in [0.5, 0.6) is 0 Å². The lowest BCUT2D eigenvalue weighted by molar-refractivity contribution is -0.144. The van der Waals surface area contributed by atoms with Crippen LogP contribution < -0.4 is 0 Å². The van der Waals surface area contributed by atoms with Crippen LogP contribution in [0.4, 0.5) is 0 Å². The van der Waals surface area contributed by atoms with Gasteiger partial charge < -0.3 is 19.4 Å². The van der Waals surface area contributed by atoms with Gasteiger partial charge in [-0.15, -0.1) is 0 Å². The minimum absolute atomic E-state index is 0.00193. The van der Waals surface area contributed by atoms with Crippen LogP contribution in [-0.4, -0.2) is 85.5 Å². The number of carbonyl (C=O) groups excluding carboxylic acids is 2. The van der Waals surface area contributed by atoms with E-state index >= 15 is 0 Å². The Morgan fingerprint density at radius 1 is 0.373 bits per heavy atom. The molecule has 1 heterocycles. The number of carbonyl (C=O) groups is 2. The summed E-state index contributed by atoms with van der Waals surface area (Å²) in [5, 5.41) is 0. The van der Waals surface area contributed by atoms with Crippen LogP contribution in [0.2, 0.25) is 0 Å². The standard InChI is InChI=1S/C69H137N3O3/c1-6-11-16-21-25-26-27-28-29-33-37-44-59-71(60-45-39-41-53-69(74)75-65-46-38-20-15-10-5)62-54-67-55-63-72(64-56-67)68(73)52-47-50-66(49-40-34-30-22-17-12-7-2)51-48-61-70(57-42-35-31-23-18-13-8-3)58-43-36-32-24-19-14-9-4/h66-67H,6-65H2,1-5H3. The van der Waals surface area contributed by atoms with E-state index in [1.54, 1.807) is 0 Å². The normalized spacial score (nSPS) is 13.7. The summed E-state index contributed by atoms with van der Waals surface area (Å²) < 4.78 is 5.55. The van der Waals surface area contributed by atoms with E-state index < -0.39 is 0 Å². The van der Waals surface area contributed by atoms with Crippen molar-refractivity contribution in [1.82, 2.24) is 14.7 Å². The molecule has 0 bridgehead atoms. The molecule has 0 aromatic rings. The summed E-state index contributed by atoms with van der Waals surface area (Å²) in [5.41, 5.74) is 0. The van der Waals surface area contributed by atoms with E-state index in [1.165, 1.54) is 322 Å². The molecule has 0 radical (unpaired) electrons. The quantitative estimate of drug-likeness (QED) is 0.0449. The average molecular weight is 1060 g/mol. The van der Waals surface area contributed by atoms with Gasteiger partial charge in [0.1, 0.15) is 0 Å². The minimum atomic E-state index is 0.00193. The lowest BCUT2D eigenvalue weighted by Gasteiger charge is -2.33. The number of likely N-dealkylation sites (tertiary alicyclic amines) is 1. The lowest BCUT2D eigenvalue weighted by atomic mass is 9.90. The molecule has 0 spiro atoms. The predicted molar refractivity (Wildman–Crippen MR) is 331 cm³/mol. The van der Waals surface area contributed by atoms with Crippen molar-refractivity contribution in [3.8, 4) is 0 Å². The first kappa shape index (κ1) is 71.9. The summed E-state index contributed by atoms with van der Waals surface area (Å²) >= 11 is 0. The van der Waals surface area contributed by atoms with Crippen LogP contribution in [0.3, 0.4) is 0 Å². The molecule has 0 N–H and O–H groups in total. The first-order valence-electron chi connectivity index (χ1n) is 34.8. The molecule has 0 aliphatic carbocycles. The fourth-order valence-electron chi connectivity index (χ4n) is 12.1. The summed E-state index contributed by atoms with van der Waals surface area (Å²) in [6.07, 6.45) is 66.6. The molecule has 0 saturated carbocycles. The molecule has 75 heavy (non-hydrogen) atoms. The summed E-state index contributed by atoms with van der Waals surface area (Å²) in [6.45, 7) is 21.5. The van der Waals surface area contributed by atoms with Crippen molar-refractivity contribution in [3.05, 3.63) is 0 Å². The number of amides is 1. The van der Waals surface area contributed by atoms with Crippen molar-refractivity contribution < 1.29 is 14.3 Å². The van der Waals surface area contributed by atoms with Gasteiger partial charge in [-0.1, -0.05) is 266 Å². The maximum absolute atomic E-state index is 13.7. The monoisotopic (exact) mass is 1060 g/mol. The smallest absolute Gasteiger partial charge is 0.305 e. The highest BCUT2D eigenvalue weighted by atomic mass is 16.5. The van der Waals surface area contributed by atoms with Crippen LogP contribution in [-0.2, 0) is 14.3 Å². The third-order valence-electron chi connectivity index (χ3n) is 17.5.